The fraction of sp³-hybridized carbons (Fsp3) is 0.333. The molecular formula is C24H30. The molecule has 3 rings (SSSR count). The van der Waals surface area contributed by atoms with Gasteiger partial charge in [0.25, 0.3) is 0 Å². The van der Waals surface area contributed by atoms with E-state index in [-0.39, 0.29) is 0 Å². The molecule has 0 bridgehead atoms. The van der Waals surface area contributed by atoms with Crippen molar-refractivity contribution in [3.63, 3.8) is 0 Å². The third-order valence-electron chi connectivity index (χ3n) is 5.18. The molecule has 0 unspecified atom stereocenters. The Hall–Kier alpha value is -2.08. The zero-order chi connectivity index (χ0) is 18.0. The summed E-state index contributed by atoms with van der Waals surface area (Å²) in [6, 6.07) is 13.6. The Morgan fingerprint density at radius 3 is 0.667 bits per heavy atom. The van der Waals surface area contributed by atoms with Crippen molar-refractivity contribution in [1.29, 1.82) is 0 Å². The summed E-state index contributed by atoms with van der Waals surface area (Å²) in [6.45, 7) is 17.3. The molecule has 0 amide bonds. The summed E-state index contributed by atoms with van der Waals surface area (Å²) in [7, 11) is 0. The Labute approximate surface area is 147 Å². The van der Waals surface area contributed by atoms with Gasteiger partial charge in [-0.05, 0) is 111 Å². The molecule has 0 N–H and O–H groups in total. The van der Waals surface area contributed by atoms with Crippen molar-refractivity contribution in [1.82, 2.24) is 0 Å². The van der Waals surface area contributed by atoms with Crippen LogP contribution in [0.3, 0.4) is 0 Å². The number of hydrogen-bond acceptors (Lipinski definition) is 0. The molecule has 3 aromatic rings. The van der Waals surface area contributed by atoms with Crippen molar-refractivity contribution in [2.24, 2.45) is 0 Å². The average Bonchev–Trinajstić information content (AvgIpc) is 2.50. The molecule has 0 atom stereocenters. The fourth-order valence-corrected chi connectivity index (χ4v) is 2.91. The first-order chi connectivity index (χ1) is 11.2. The van der Waals surface area contributed by atoms with Crippen LogP contribution < -0.4 is 0 Å². The second-order valence-corrected chi connectivity index (χ2v) is 7.24. The molecule has 0 aliphatic rings. The zero-order valence-corrected chi connectivity index (χ0v) is 16.5. The van der Waals surface area contributed by atoms with Crippen molar-refractivity contribution in [3.05, 3.63) is 80.9 Å². The van der Waals surface area contributed by atoms with Gasteiger partial charge in [-0.25, -0.2) is 0 Å². The standard InChI is InChI=1S/C14H16.C10H14/c1-9-5-13-7-11(3)12(4)8-14(13)6-10(9)2;1-7-5-9(3)10(4)6-8(7)2/h5-8H,1-4H3;5-6H,1-4H3. The molecule has 0 nitrogen and oxygen atoms in total. The van der Waals surface area contributed by atoms with Crippen LogP contribution in [0, 0.1) is 55.4 Å². The zero-order valence-electron chi connectivity index (χ0n) is 16.5. The number of hydrogen-bond donors (Lipinski definition) is 0. The summed E-state index contributed by atoms with van der Waals surface area (Å²) < 4.78 is 0. The molecular weight excluding hydrogens is 288 g/mol. The van der Waals surface area contributed by atoms with Crippen molar-refractivity contribution in [2.45, 2.75) is 55.4 Å². The van der Waals surface area contributed by atoms with E-state index >= 15 is 0 Å². The molecule has 0 heteroatoms. The highest BCUT2D eigenvalue weighted by atomic mass is 14.1. The van der Waals surface area contributed by atoms with Crippen LogP contribution in [-0.4, -0.2) is 0 Å². The van der Waals surface area contributed by atoms with Gasteiger partial charge in [0, 0.05) is 0 Å². The third-order valence-corrected chi connectivity index (χ3v) is 5.18. The van der Waals surface area contributed by atoms with Gasteiger partial charge in [-0.3, -0.25) is 0 Å². The van der Waals surface area contributed by atoms with Crippen LogP contribution in [0.1, 0.15) is 44.5 Å². The maximum Gasteiger partial charge on any atom is -0.0178 e. The lowest BCUT2D eigenvalue weighted by molar-refractivity contribution is 1.24. The fourth-order valence-electron chi connectivity index (χ4n) is 2.91. The first-order valence-electron chi connectivity index (χ1n) is 8.71. The normalized spacial score (nSPS) is 10.5. The molecule has 24 heavy (non-hydrogen) atoms. The van der Waals surface area contributed by atoms with E-state index in [9.17, 15) is 0 Å². The van der Waals surface area contributed by atoms with Gasteiger partial charge in [0.2, 0.25) is 0 Å². The lowest BCUT2D eigenvalue weighted by Crippen LogP contribution is -1.86. The number of rotatable bonds is 0. The number of benzene rings is 3. The highest BCUT2D eigenvalue weighted by Crippen LogP contribution is 2.22. The molecule has 0 radical (unpaired) electrons. The molecule has 0 aliphatic heterocycles. The topological polar surface area (TPSA) is 0 Å². The van der Waals surface area contributed by atoms with Crippen molar-refractivity contribution in [2.75, 3.05) is 0 Å². The van der Waals surface area contributed by atoms with Gasteiger partial charge in [0.15, 0.2) is 0 Å². The molecule has 0 saturated carbocycles. The Kier molecular flexibility index (Phi) is 5.49. The van der Waals surface area contributed by atoms with E-state index in [0.29, 0.717) is 0 Å². The van der Waals surface area contributed by atoms with E-state index in [2.05, 4.69) is 91.8 Å². The van der Waals surface area contributed by atoms with Gasteiger partial charge in [-0.15, -0.1) is 0 Å². The molecule has 0 spiro atoms. The maximum atomic E-state index is 2.27. The molecule has 0 fully saturated rings. The van der Waals surface area contributed by atoms with Gasteiger partial charge in [-0.2, -0.15) is 0 Å². The summed E-state index contributed by atoms with van der Waals surface area (Å²) in [4.78, 5) is 0. The molecule has 0 aromatic heterocycles. The highest BCUT2D eigenvalue weighted by molar-refractivity contribution is 5.85. The van der Waals surface area contributed by atoms with Gasteiger partial charge in [0.05, 0.1) is 0 Å². The van der Waals surface area contributed by atoms with Crippen LogP contribution in [0.15, 0.2) is 36.4 Å². The van der Waals surface area contributed by atoms with Crippen LogP contribution in [-0.2, 0) is 0 Å². The molecule has 3 aromatic carbocycles. The summed E-state index contributed by atoms with van der Waals surface area (Å²) in [6.07, 6.45) is 0. The third kappa shape index (κ3) is 4.06. The Morgan fingerprint density at radius 2 is 0.458 bits per heavy atom. The lowest BCUT2D eigenvalue weighted by atomic mass is 9.98. The maximum absolute atomic E-state index is 2.27. The summed E-state index contributed by atoms with van der Waals surface area (Å²) in [5.74, 6) is 0. The number of fused-ring (bicyclic) bond motifs is 1. The second kappa shape index (κ2) is 7.21. The summed E-state index contributed by atoms with van der Waals surface area (Å²) in [5, 5.41) is 2.72. The van der Waals surface area contributed by atoms with E-state index in [4.69, 9.17) is 0 Å². The van der Waals surface area contributed by atoms with Crippen LogP contribution >= 0.6 is 0 Å². The largest absolute Gasteiger partial charge is 0.0559 e. The van der Waals surface area contributed by atoms with Crippen LogP contribution in [0.5, 0.6) is 0 Å². The summed E-state index contributed by atoms with van der Waals surface area (Å²) in [5.41, 5.74) is 11.1. The Balaban J connectivity index is 0.000000185. The SMILES string of the molecule is Cc1cc(C)c(C)cc1C.Cc1cc2cc(C)c(C)cc2cc1C. The van der Waals surface area contributed by atoms with Gasteiger partial charge in [0.1, 0.15) is 0 Å². The number of aryl methyl sites for hydroxylation is 8. The highest BCUT2D eigenvalue weighted by Gasteiger charge is 2.00. The van der Waals surface area contributed by atoms with Crippen molar-refractivity contribution >= 4 is 10.8 Å². The van der Waals surface area contributed by atoms with E-state index in [1.165, 1.54) is 55.3 Å². The first-order valence-corrected chi connectivity index (χ1v) is 8.71. The van der Waals surface area contributed by atoms with E-state index in [1.54, 1.807) is 0 Å². The van der Waals surface area contributed by atoms with Gasteiger partial charge >= 0.3 is 0 Å². The molecule has 126 valence electrons. The van der Waals surface area contributed by atoms with E-state index in [1.807, 2.05) is 0 Å². The minimum atomic E-state index is 1.36. The van der Waals surface area contributed by atoms with Crippen LogP contribution in [0.4, 0.5) is 0 Å². The predicted octanol–water partition coefficient (Wildman–Crippen LogP) is 6.99. The quantitative estimate of drug-likeness (QED) is 0.419. The van der Waals surface area contributed by atoms with Crippen molar-refractivity contribution in [3.8, 4) is 0 Å². The first kappa shape index (κ1) is 18.3. The average molecular weight is 319 g/mol. The minimum absolute atomic E-state index is 1.36. The molecule has 0 heterocycles. The van der Waals surface area contributed by atoms with Gasteiger partial charge in [-0.1, -0.05) is 36.4 Å². The monoisotopic (exact) mass is 318 g/mol. The smallest absolute Gasteiger partial charge is 0.0178 e. The Morgan fingerprint density at radius 1 is 0.292 bits per heavy atom. The van der Waals surface area contributed by atoms with Crippen molar-refractivity contribution < 1.29 is 0 Å². The van der Waals surface area contributed by atoms with Gasteiger partial charge < -0.3 is 0 Å². The minimum Gasteiger partial charge on any atom is -0.0559 e. The predicted molar refractivity (Wildman–Crippen MR) is 108 cm³/mol. The molecule has 0 aliphatic carbocycles. The van der Waals surface area contributed by atoms with E-state index in [0.717, 1.165) is 0 Å². The second-order valence-electron chi connectivity index (χ2n) is 7.24. The molecule has 0 saturated heterocycles. The van der Waals surface area contributed by atoms with Crippen LogP contribution in [0.2, 0.25) is 0 Å². The Bertz CT molecular complexity index is 743. The summed E-state index contributed by atoms with van der Waals surface area (Å²) >= 11 is 0. The lowest BCUT2D eigenvalue weighted by Gasteiger charge is -2.07. The van der Waals surface area contributed by atoms with Crippen LogP contribution in [0.25, 0.3) is 10.8 Å². The van der Waals surface area contributed by atoms with E-state index < -0.39 is 0 Å².